The highest BCUT2D eigenvalue weighted by molar-refractivity contribution is 14.1. The highest BCUT2D eigenvalue weighted by Crippen LogP contribution is 2.39. The molecule has 5 heterocycles. The summed E-state index contributed by atoms with van der Waals surface area (Å²) in [4.78, 5) is 64.4. The van der Waals surface area contributed by atoms with E-state index >= 15 is 4.39 Å². The van der Waals surface area contributed by atoms with Crippen LogP contribution in [0.1, 0.15) is 83.4 Å². The minimum atomic E-state index is -1.11. The molecule has 3 aromatic rings. The van der Waals surface area contributed by atoms with Crippen molar-refractivity contribution in [2.24, 2.45) is 4.99 Å². The van der Waals surface area contributed by atoms with Gasteiger partial charge in [-0.15, -0.1) is 21.5 Å². The Balaban J connectivity index is 0.775. The molecule has 3 aliphatic heterocycles. The molecule has 2 unspecified atom stereocenters. The largest absolute Gasteiger partial charge is 0.491 e. The van der Waals surface area contributed by atoms with Crippen LogP contribution in [0.4, 0.5) is 21.2 Å². The average molecular weight is 1110 g/mol. The number of carbonyl (C=O) groups excluding carboxylic acids is 3. The van der Waals surface area contributed by atoms with Crippen molar-refractivity contribution in [3.63, 3.8) is 0 Å². The Morgan fingerprint density at radius 1 is 0.943 bits per heavy atom. The fourth-order valence-corrected chi connectivity index (χ4v) is 10.7. The number of allylic oxidation sites excluding steroid dienone is 2. The summed E-state index contributed by atoms with van der Waals surface area (Å²) >= 11 is 4.98. The summed E-state index contributed by atoms with van der Waals surface area (Å²) < 4.78 is 26.7. The van der Waals surface area contributed by atoms with E-state index < -0.39 is 11.8 Å². The molecule has 2 aromatic heterocycles. The number of thiazole rings is 1. The Morgan fingerprint density at radius 2 is 1.71 bits per heavy atom. The molecule has 17 nitrogen and oxygen atoms in total. The SMILES string of the molecule is Cc1c(NC2=NC3C=CC=CC3S2)nnc2c1CCCN2c1nc(C(=O)O)c(CCCOc2ccc(C#CCN3CCN(C(=O)CCCCCCC(=O)NCCOCCNC(=O)CI)CC3)cc2F)s1. The Morgan fingerprint density at radius 3 is 2.47 bits per heavy atom. The number of aryl methyl sites for hydroxylation is 1. The molecule has 21 heteroatoms. The molecule has 7 rings (SSSR count). The van der Waals surface area contributed by atoms with E-state index in [0.29, 0.717) is 123 Å². The van der Waals surface area contributed by atoms with Crippen molar-refractivity contribution < 1.29 is 38.1 Å². The van der Waals surface area contributed by atoms with Gasteiger partial charge in [-0.05, 0) is 63.6 Å². The van der Waals surface area contributed by atoms with E-state index in [1.165, 1.54) is 17.4 Å². The molecule has 0 saturated carbocycles. The lowest BCUT2D eigenvalue weighted by atomic mass is 10.0. The van der Waals surface area contributed by atoms with Crippen molar-refractivity contribution in [3.8, 4) is 17.6 Å². The second-order valence-corrected chi connectivity index (χ2v) is 20.1. The number of fused-ring (bicyclic) bond motifs is 2. The van der Waals surface area contributed by atoms with E-state index in [0.717, 1.165) is 54.8 Å². The monoisotopic (exact) mass is 1110 g/mol. The minimum Gasteiger partial charge on any atom is -0.491 e. The number of nitrogens with zero attached hydrogens (tertiary/aromatic N) is 7. The number of aliphatic imine (C=N–C) groups is 1. The first-order valence-corrected chi connectivity index (χ1v) is 27.1. The Bertz CT molecular complexity index is 2490. The van der Waals surface area contributed by atoms with Gasteiger partial charge in [0.1, 0.15) is 0 Å². The van der Waals surface area contributed by atoms with Crippen LogP contribution in [0, 0.1) is 24.6 Å². The second-order valence-electron chi connectivity index (χ2n) is 17.1. The summed E-state index contributed by atoms with van der Waals surface area (Å²) in [5.41, 5.74) is 2.54. The summed E-state index contributed by atoms with van der Waals surface area (Å²) in [6, 6.07) is 4.74. The van der Waals surface area contributed by atoms with E-state index in [9.17, 15) is 24.3 Å². The third-order valence-electron chi connectivity index (χ3n) is 12.1. The number of hydrogen-bond donors (Lipinski definition) is 4. The molecule has 0 radical (unpaired) electrons. The van der Waals surface area contributed by atoms with Crippen LogP contribution in [0.2, 0.25) is 0 Å². The highest BCUT2D eigenvalue weighted by Gasteiger charge is 2.31. The number of alkyl halides is 1. The molecule has 0 spiro atoms. The second kappa shape index (κ2) is 26.9. The molecule has 3 amide bonds. The van der Waals surface area contributed by atoms with E-state index in [1.807, 2.05) is 51.5 Å². The summed E-state index contributed by atoms with van der Waals surface area (Å²) in [5.74, 6) is 6.08. The van der Waals surface area contributed by atoms with E-state index in [-0.39, 0.29) is 47.1 Å². The van der Waals surface area contributed by atoms with Gasteiger partial charge in [0.05, 0.1) is 42.1 Å². The quantitative estimate of drug-likeness (QED) is 0.0369. The van der Waals surface area contributed by atoms with Crippen LogP contribution >= 0.6 is 45.7 Å². The predicted molar refractivity (Wildman–Crippen MR) is 279 cm³/mol. The topological polar surface area (TPSA) is 204 Å². The molecule has 1 saturated heterocycles. The number of halogens is 2. The fraction of sp³-hybridized carbons (Fsp3) is 0.510. The standard InChI is InChI=1S/C49H60FIN10O7S2/c1-33-35-12-9-23-61(46(35)58-57-45(33)56-48-54-37-13-6-7-14-39(37)69-48)49-55-44(47(65)66)40(70-49)15-10-28-68-38-19-18-34(31-36(38)50)11-8-22-59-24-26-60(27-25-59)43(64)17-5-3-2-4-16-41(62)52-20-29-67-30-21-53-42(63)32-51/h6-7,13-14,18-19,31,37,39H,2-5,9-10,12,15-17,20-30,32H2,1H3,(H,52,62)(H,53,63)(H,65,66)(H,54,56,57). The Labute approximate surface area is 430 Å². The molecule has 2 atom stereocenters. The van der Waals surface area contributed by atoms with Gasteiger partial charge in [0.2, 0.25) is 17.7 Å². The number of benzene rings is 1. The van der Waals surface area contributed by atoms with Crippen molar-refractivity contribution >= 4 is 91.3 Å². The first-order valence-electron chi connectivity index (χ1n) is 23.9. The number of unbranched alkanes of at least 4 members (excludes halogenated alkanes) is 3. The lowest BCUT2D eigenvalue weighted by molar-refractivity contribution is -0.133. The molecule has 1 fully saturated rings. The summed E-state index contributed by atoms with van der Waals surface area (Å²) in [6.45, 7) is 7.70. The zero-order valence-electron chi connectivity index (χ0n) is 39.4. The maximum atomic E-state index is 15.1. The number of carboxylic acids is 1. The Hall–Kier alpha value is -5.15. The first-order chi connectivity index (χ1) is 34.1. The maximum absolute atomic E-state index is 15.1. The smallest absolute Gasteiger partial charge is 0.355 e. The van der Waals surface area contributed by atoms with Crippen LogP contribution in [0.5, 0.6) is 5.75 Å². The molecule has 0 bridgehead atoms. The number of carbonyl (C=O) groups is 4. The van der Waals surface area contributed by atoms with Crippen molar-refractivity contribution in [3.05, 3.63) is 75.6 Å². The number of anilines is 3. The predicted octanol–water partition coefficient (Wildman–Crippen LogP) is 6.07. The number of thioether (sulfide) groups is 1. The average Bonchev–Trinajstić information content (AvgIpc) is 3.99. The van der Waals surface area contributed by atoms with Gasteiger partial charge in [-0.3, -0.25) is 24.3 Å². The summed E-state index contributed by atoms with van der Waals surface area (Å²) in [6.07, 6.45) is 15.0. The number of hydrogen-bond acceptors (Lipinski definition) is 15. The van der Waals surface area contributed by atoms with Crippen molar-refractivity contribution in [2.75, 3.05) is 86.8 Å². The minimum absolute atomic E-state index is 0.00769. The van der Waals surface area contributed by atoms with Crippen LogP contribution in [-0.4, -0.2) is 147 Å². The summed E-state index contributed by atoms with van der Waals surface area (Å²) in [5, 5.41) is 29.8. The van der Waals surface area contributed by atoms with Gasteiger partial charge in [-0.2, -0.15) is 0 Å². The lowest BCUT2D eigenvalue weighted by Crippen LogP contribution is -2.48. The van der Waals surface area contributed by atoms with Crippen molar-refractivity contribution in [1.29, 1.82) is 0 Å². The number of aromatic carboxylic acids is 1. The number of carboxylic acid groups (broad SMARTS) is 1. The van der Waals surface area contributed by atoms with Crippen molar-refractivity contribution in [2.45, 2.75) is 82.4 Å². The summed E-state index contributed by atoms with van der Waals surface area (Å²) in [7, 11) is 0. The first kappa shape index (κ1) is 52.7. The number of amidine groups is 1. The van der Waals surface area contributed by atoms with Crippen LogP contribution in [0.15, 0.2) is 47.5 Å². The maximum Gasteiger partial charge on any atom is 0.355 e. The van der Waals surface area contributed by atoms with Crippen LogP contribution < -0.4 is 25.6 Å². The normalized spacial score (nSPS) is 17.3. The molecule has 4 aliphatic rings. The van der Waals surface area contributed by atoms with Gasteiger partial charge in [-0.25, -0.2) is 14.2 Å². The van der Waals surface area contributed by atoms with E-state index in [1.54, 1.807) is 23.9 Å². The molecular formula is C49H60FIN10O7S2. The number of nitrogens with one attached hydrogen (secondary N) is 3. The van der Waals surface area contributed by atoms with E-state index in [2.05, 4.69) is 60.0 Å². The molecular weight excluding hydrogens is 1050 g/mol. The molecule has 4 N–H and O–H groups in total. The third-order valence-corrected chi connectivity index (χ3v) is 15.1. The lowest BCUT2D eigenvalue weighted by Gasteiger charge is -2.33. The molecule has 70 heavy (non-hydrogen) atoms. The van der Waals surface area contributed by atoms with Gasteiger partial charge in [0.25, 0.3) is 0 Å². The molecule has 374 valence electrons. The number of piperazine rings is 1. The number of rotatable bonds is 23. The number of aromatic nitrogens is 3. The zero-order chi connectivity index (χ0) is 49.2. The Kier molecular flexibility index (Phi) is 20.2. The number of amides is 3. The third kappa shape index (κ3) is 15.2. The van der Waals surface area contributed by atoms with Gasteiger partial charge in [0.15, 0.2) is 39.2 Å². The zero-order valence-corrected chi connectivity index (χ0v) is 43.1. The van der Waals surface area contributed by atoms with Gasteiger partial charge in [0, 0.05) is 80.2 Å². The van der Waals surface area contributed by atoms with Crippen LogP contribution in [-0.2, 0) is 32.0 Å². The van der Waals surface area contributed by atoms with Crippen LogP contribution in [0.3, 0.4) is 0 Å². The van der Waals surface area contributed by atoms with Crippen LogP contribution in [0.25, 0.3) is 0 Å². The van der Waals surface area contributed by atoms with Crippen molar-refractivity contribution in [1.82, 2.24) is 35.6 Å². The highest BCUT2D eigenvalue weighted by atomic mass is 127. The van der Waals surface area contributed by atoms with Gasteiger partial charge < -0.3 is 40.3 Å². The molecule has 1 aromatic carbocycles. The van der Waals surface area contributed by atoms with Gasteiger partial charge >= 0.3 is 5.97 Å². The molecule has 1 aliphatic carbocycles. The number of ether oxygens (including phenoxy) is 2. The fourth-order valence-electron chi connectivity index (χ4n) is 8.29. The van der Waals surface area contributed by atoms with Gasteiger partial charge in [-0.1, -0.05) is 83.3 Å². The van der Waals surface area contributed by atoms with E-state index in [4.69, 9.17) is 14.5 Å².